The fourth-order valence-corrected chi connectivity index (χ4v) is 11.6. The monoisotopic (exact) mass is 704 g/mol. The molecule has 274 valence electrons. The highest BCUT2D eigenvalue weighted by Gasteiger charge is 2.84. The van der Waals surface area contributed by atoms with Crippen LogP contribution in [0, 0.1) is 45.8 Å². The molecule has 0 radical (unpaired) electrons. The van der Waals surface area contributed by atoms with E-state index >= 15 is 26.3 Å². The number of rotatable bonds is 9. The summed E-state index contributed by atoms with van der Waals surface area (Å²) in [6.45, 7) is 4.48. The summed E-state index contributed by atoms with van der Waals surface area (Å²) >= 11 is 0. The summed E-state index contributed by atoms with van der Waals surface area (Å²) in [6.07, 6.45) is -25.2. The molecule has 1 aliphatic heterocycles. The van der Waals surface area contributed by atoms with E-state index in [9.17, 15) is 31.4 Å². The van der Waals surface area contributed by atoms with Crippen molar-refractivity contribution in [3.63, 3.8) is 0 Å². The van der Waals surface area contributed by atoms with Crippen LogP contribution in [0.15, 0.2) is 0 Å². The first-order valence-electron chi connectivity index (χ1n) is 16.6. The van der Waals surface area contributed by atoms with Gasteiger partial charge in [-0.25, -0.2) is 0 Å². The molecule has 4 bridgehead atoms. The van der Waals surface area contributed by atoms with Crippen LogP contribution in [-0.4, -0.2) is 53.9 Å². The van der Waals surface area contributed by atoms with Crippen LogP contribution in [0.2, 0.25) is 0 Å². The van der Waals surface area contributed by atoms with Crippen molar-refractivity contribution < 1.29 is 67.3 Å². The van der Waals surface area contributed by atoms with E-state index < -0.39 is 88.0 Å². The van der Waals surface area contributed by atoms with Crippen LogP contribution < -0.4 is 0 Å². The molecule has 1 N–H and O–H groups in total. The summed E-state index contributed by atoms with van der Waals surface area (Å²) in [5.74, 6) is -7.34. The standard InChI is InChI=1S/C32H44F12O3/c1-4-20(17-24(2,3)26-14-10-19(11-15-26)23(26)27(45,29(33,34)35)30(36,37)38)25-12-8-18(9-13-25)22(25)28(31(39,40)41,32(42,43)44)47-21-7-5-6-16-46-21/h18-23,45H,4-17H2,1-3H3. The van der Waals surface area contributed by atoms with Gasteiger partial charge >= 0.3 is 24.7 Å². The molecule has 5 rings (SSSR count). The summed E-state index contributed by atoms with van der Waals surface area (Å²) in [5.41, 5.74) is -14.3. The van der Waals surface area contributed by atoms with E-state index in [1.165, 1.54) is 13.8 Å². The molecule has 4 aliphatic carbocycles. The van der Waals surface area contributed by atoms with Gasteiger partial charge in [-0.15, -0.1) is 0 Å². The number of hydrogen-bond donors (Lipinski definition) is 1. The van der Waals surface area contributed by atoms with Crippen LogP contribution in [0.3, 0.4) is 0 Å². The van der Waals surface area contributed by atoms with Crippen molar-refractivity contribution in [1.82, 2.24) is 0 Å². The Morgan fingerprint density at radius 1 is 0.702 bits per heavy atom. The highest BCUT2D eigenvalue weighted by Crippen LogP contribution is 2.76. The third-order valence-corrected chi connectivity index (χ3v) is 13.5. The van der Waals surface area contributed by atoms with E-state index in [4.69, 9.17) is 9.47 Å². The lowest BCUT2D eigenvalue weighted by atomic mass is 9.51. The first-order valence-corrected chi connectivity index (χ1v) is 16.6. The third kappa shape index (κ3) is 5.25. The number of alkyl halides is 12. The Balaban J connectivity index is 1.58. The average Bonchev–Trinajstić information content (AvgIpc) is 3.71. The molecule has 47 heavy (non-hydrogen) atoms. The van der Waals surface area contributed by atoms with Crippen molar-refractivity contribution >= 4 is 0 Å². The molecule has 0 amide bonds. The summed E-state index contributed by atoms with van der Waals surface area (Å²) in [6, 6.07) is 0. The Morgan fingerprint density at radius 3 is 1.62 bits per heavy atom. The molecule has 5 aliphatic rings. The van der Waals surface area contributed by atoms with E-state index in [0.717, 1.165) is 0 Å². The molecule has 15 heteroatoms. The zero-order valence-corrected chi connectivity index (χ0v) is 26.7. The highest BCUT2D eigenvalue weighted by atomic mass is 19.4. The first kappa shape index (κ1) is 37.3. The summed E-state index contributed by atoms with van der Waals surface area (Å²) in [4.78, 5) is 0. The van der Waals surface area contributed by atoms with E-state index in [1.807, 2.05) is 0 Å². The van der Waals surface area contributed by atoms with Crippen LogP contribution in [-0.2, 0) is 9.47 Å². The van der Waals surface area contributed by atoms with Gasteiger partial charge in [-0.3, -0.25) is 0 Å². The quantitative estimate of drug-likeness (QED) is 0.243. The number of fused-ring (bicyclic) bond motifs is 4. The average molecular weight is 705 g/mol. The Kier molecular flexibility index (Phi) is 9.15. The van der Waals surface area contributed by atoms with Crippen LogP contribution >= 0.6 is 0 Å². The molecule has 3 nitrogen and oxygen atoms in total. The molecule has 1 heterocycles. The number of ether oxygens (including phenoxy) is 2. The van der Waals surface area contributed by atoms with Crippen LogP contribution in [0.25, 0.3) is 0 Å². The van der Waals surface area contributed by atoms with Crippen LogP contribution in [0.1, 0.15) is 104 Å². The summed E-state index contributed by atoms with van der Waals surface area (Å²) in [7, 11) is 0. The molecular weight excluding hydrogens is 660 g/mol. The Labute approximate surface area is 266 Å². The second-order valence-corrected chi connectivity index (χ2v) is 15.6. The van der Waals surface area contributed by atoms with Gasteiger partial charge < -0.3 is 14.6 Å². The fourth-order valence-electron chi connectivity index (χ4n) is 11.6. The lowest BCUT2D eigenvalue weighted by Crippen LogP contribution is -2.68. The minimum Gasteiger partial charge on any atom is -0.373 e. The van der Waals surface area contributed by atoms with Gasteiger partial charge in [0.15, 0.2) is 6.29 Å². The largest absolute Gasteiger partial charge is 0.426 e. The maximum absolute atomic E-state index is 15.2. The SMILES string of the molecule is CCC(CC(C)(C)C12CCC(CC1)C2C(O)(C(F)(F)F)C(F)(F)F)C12CCC(CC1)C2C(OC1CCCCO1)(C(F)(F)F)C(F)(F)F. The number of aliphatic hydroxyl groups is 1. The van der Waals surface area contributed by atoms with Crippen LogP contribution in [0.4, 0.5) is 52.7 Å². The molecule has 0 aromatic rings. The van der Waals surface area contributed by atoms with E-state index in [-0.39, 0.29) is 77.2 Å². The Morgan fingerprint density at radius 2 is 1.19 bits per heavy atom. The zero-order chi connectivity index (χ0) is 35.3. The molecule has 5 fully saturated rings. The molecule has 1 saturated heterocycles. The smallest absolute Gasteiger partial charge is 0.373 e. The molecule has 4 unspecified atom stereocenters. The third-order valence-electron chi connectivity index (χ3n) is 13.5. The molecule has 0 aromatic carbocycles. The van der Waals surface area contributed by atoms with Crippen molar-refractivity contribution in [2.45, 2.75) is 146 Å². The second kappa shape index (κ2) is 11.5. The molecule has 0 aromatic heterocycles. The predicted octanol–water partition coefficient (Wildman–Crippen LogP) is 10.3. The van der Waals surface area contributed by atoms with Gasteiger partial charge in [-0.1, -0.05) is 27.2 Å². The van der Waals surface area contributed by atoms with Crippen LogP contribution in [0.5, 0.6) is 0 Å². The first-order chi connectivity index (χ1) is 21.4. The van der Waals surface area contributed by atoms with Gasteiger partial charge in [0.05, 0.1) is 0 Å². The lowest BCUT2D eigenvalue weighted by Gasteiger charge is -2.55. The van der Waals surface area contributed by atoms with Gasteiger partial charge in [0, 0.05) is 18.4 Å². The Hall–Kier alpha value is -0.960. The van der Waals surface area contributed by atoms with Gasteiger partial charge in [-0.05, 0) is 111 Å². The highest BCUT2D eigenvalue weighted by molar-refractivity contribution is 5.21. The molecule has 4 atom stereocenters. The molecule has 4 saturated carbocycles. The minimum atomic E-state index is -6.06. The van der Waals surface area contributed by atoms with Crippen molar-refractivity contribution in [3.05, 3.63) is 0 Å². The summed E-state index contributed by atoms with van der Waals surface area (Å²) < 4.78 is 187. The summed E-state index contributed by atoms with van der Waals surface area (Å²) in [5, 5.41) is 10.7. The number of hydrogen-bond acceptors (Lipinski definition) is 3. The maximum atomic E-state index is 15.2. The minimum absolute atomic E-state index is 0.00428. The maximum Gasteiger partial charge on any atom is 0.426 e. The normalized spacial score (nSPS) is 36.4. The lowest BCUT2D eigenvalue weighted by molar-refractivity contribution is -0.435. The predicted molar refractivity (Wildman–Crippen MR) is 145 cm³/mol. The van der Waals surface area contributed by atoms with Crippen molar-refractivity contribution in [2.75, 3.05) is 6.61 Å². The van der Waals surface area contributed by atoms with E-state index in [0.29, 0.717) is 12.8 Å². The van der Waals surface area contributed by atoms with Crippen molar-refractivity contribution in [2.24, 2.45) is 45.8 Å². The van der Waals surface area contributed by atoms with Gasteiger partial charge in [0.1, 0.15) is 0 Å². The molecular formula is C32H44F12O3. The number of halogens is 12. The van der Waals surface area contributed by atoms with Gasteiger partial charge in [0.25, 0.3) is 11.2 Å². The van der Waals surface area contributed by atoms with E-state index in [2.05, 4.69) is 0 Å². The van der Waals surface area contributed by atoms with E-state index in [1.54, 1.807) is 6.92 Å². The van der Waals surface area contributed by atoms with Crippen molar-refractivity contribution in [3.8, 4) is 0 Å². The second-order valence-electron chi connectivity index (χ2n) is 15.6. The van der Waals surface area contributed by atoms with Crippen molar-refractivity contribution in [1.29, 1.82) is 0 Å². The van der Waals surface area contributed by atoms with Gasteiger partial charge in [0.2, 0.25) is 0 Å². The molecule has 0 spiro atoms. The topological polar surface area (TPSA) is 38.7 Å². The Bertz CT molecular complexity index is 1090. The fraction of sp³-hybridized carbons (Fsp3) is 1.00. The zero-order valence-electron chi connectivity index (χ0n) is 26.7. The van der Waals surface area contributed by atoms with Gasteiger partial charge in [-0.2, -0.15) is 52.7 Å².